The maximum Gasteiger partial charge on any atom is 0.251 e. The van der Waals surface area contributed by atoms with Crippen LogP contribution in [0.15, 0.2) is 36.4 Å². The van der Waals surface area contributed by atoms with Crippen LogP contribution < -0.4 is 25.4 Å². The van der Waals surface area contributed by atoms with Crippen molar-refractivity contribution < 1.29 is 28.2 Å². The monoisotopic (exact) mass is 526 g/mol. The number of benzene rings is 2. The van der Waals surface area contributed by atoms with Crippen molar-refractivity contribution in [3.63, 3.8) is 0 Å². The number of amides is 3. The molecule has 3 heterocycles. The second-order valence-corrected chi connectivity index (χ2v) is 9.54. The maximum absolute atomic E-state index is 14.7. The second kappa shape index (κ2) is 13.2. The molecule has 1 unspecified atom stereocenters. The molecule has 1 fully saturated rings. The minimum Gasteiger partial charge on any atom is -0.493 e. The highest BCUT2D eigenvalue weighted by molar-refractivity contribution is 5.94. The van der Waals surface area contributed by atoms with Gasteiger partial charge in [0.1, 0.15) is 11.6 Å². The highest BCUT2D eigenvalue weighted by Crippen LogP contribution is 2.34. The van der Waals surface area contributed by atoms with Gasteiger partial charge < -0.3 is 30.3 Å². The van der Waals surface area contributed by atoms with E-state index in [4.69, 9.17) is 9.47 Å². The number of nitrogens with zero attached hydrogens (tertiary/aromatic N) is 1. The Morgan fingerprint density at radius 3 is 2.68 bits per heavy atom. The predicted octanol–water partition coefficient (Wildman–Crippen LogP) is 2.98. The van der Waals surface area contributed by atoms with Gasteiger partial charge in [-0.1, -0.05) is 6.07 Å². The molecule has 3 aliphatic heterocycles. The largest absolute Gasteiger partial charge is 0.493 e. The fourth-order valence-corrected chi connectivity index (χ4v) is 4.75. The van der Waals surface area contributed by atoms with Gasteiger partial charge in [-0.05, 0) is 62.6 Å². The van der Waals surface area contributed by atoms with E-state index in [0.717, 1.165) is 19.4 Å². The number of halogens is 1. The Kier molecular flexibility index (Phi) is 9.53. The van der Waals surface area contributed by atoms with Crippen LogP contribution in [-0.4, -0.2) is 62.5 Å². The Morgan fingerprint density at radius 1 is 1.05 bits per heavy atom. The van der Waals surface area contributed by atoms with Crippen molar-refractivity contribution in [2.24, 2.45) is 5.92 Å². The molecule has 0 radical (unpaired) electrons. The molecule has 5 rings (SSSR count). The highest BCUT2D eigenvalue weighted by Gasteiger charge is 2.26. The first-order valence-corrected chi connectivity index (χ1v) is 13.1. The molecule has 0 saturated carbocycles. The molecular weight excluding hydrogens is 491 g/mol. The standard InChI is InChI=1S/C28H35FN4O5/c1-37-25-16-19-10-11-24(25)38-23-8-2-7-22(29)21(23)18-32-26(34)9-4-14-33(15-5-13-31-27(19)35)28(36)20-6-3-12-30-17-20/h2,7-8,10-11,16,20,30H,3-6,9,12-15,17-18H2,1H3,(H,31,35)(H,32,34). The van der Waals surface area contributed by atoms with E-state index in [1.165, 1.54) is 19.2 Å². The molecule has 2 aromatic rings. The van der Waals surface area contributed by atoms with Gasteiger partial charge in [-0.25, -0.2) is 4.39 Å². The molecule has 1 saturated heterocycles. The normalized spacial score (nSPS) is 19.6. The van der Waals surface area contributed by atoms with E-state index in [2.05, 4.69) is 16.0 Å². The van der Waals surface area contributed by atoms with Crippen molar-refractivity contribution in [1.82, 2.24) is 20.9 Å². The van der Waals surface area contributed by atoms with Crippen molar-refractivity contribution in [1.29, 1.82) is 0 Å². The maximum atomic E-state index is 14.7. The molecule has 10 heteroatoms. The van der Waals surface area contributed by atoms with Crippen molar-refractivity contribution in [3.8, 4) is 17.2 Å². The minimum atomic E-state index is -0.512. The first-order valence-electron chi connectivity index (χ1n) is 13.1. The van der Waals surface area contributed by atoms with Gasteiger partial charge in [0.05, 0.1) is 13.0 Å². The summed E-state index contributed by atoms with van der Waals surface area (Å²) in [7, 11) is 1.46. The van der Waals surface area contributed by atoms with E-state index in [0.29, 0.717) is 56.1 Å². The summed E-state index contributed by atoms with van der Waals surface area (Å²) in [5.41, 5.74) is 0.587. The summed E-state index contributed by atoms with van der Waals surface area (Å²) < 4.78 is 26.1. The molecule has 3 aliphatic rings. The summed E-state index contributed by atoms with van der Waals surface area (Å²) in [6.07, 6.45) is 3.04. The molecule has 3 amide bonds. The molecule has 204 valence electrons. The lowest BCUT2D eigenvalue weighted by Gasteiger charge is -2.30. The lowest BCUT2D eigenvalue weighted by molar-refractivity contribution is -0.136. The third-order valence-corrected chi connectivity index (χ3v) is 6.86. The van der Waals surface area contributed by atoms with Crippen LogP contribution in [0.4, 0.5) is 4.39 Å². The molecule has 1 atom stereocenters. The number of hydrogen-bond acceptors (Lipinski definition) is 6. The predicted molar refractivity (Wildman–Crippen MR) is 140 cm³/mol. The SMILES string of the molecule is COc1cc2ccc1Oc1cccc(F)c1CNC(=O)CCCN(C(=O)C1CCCNC1)CCCNC2=O. The van der Waals surface area contributed by atoms with E-state index in [1.54, 1.807) is 29.2 Å². The van der Waals surface area contributed by atoms with Gasteiger partial charge >= 0.3 is 0 Å². The van der Waals surface area contributed by atoms with E-state index in [1.807, 2.05) is 0 Å². The molecule has 2 aromatic carbocycles. The van der Waals surface area contributed by atoms with Gasteiger partial charge in [0.2, 0.25) is 11.8 Å². The van der Waals surface area contributed by atoms with Crippen molar-refractivity contribution in [2.75, 3.05) is 39.8 Å². The third kappa shape index (κ3) is 7.00. The van der Waals surface area contributed by atoms with Crippen LogP contribution in [0.3, 0.4) is 0 Å². The van der Waals surface area contributed by atoms with Crippen LogP contribution in [-0.2, 0) is 16.1 Å². The number of piperidine rings is 1. The summed E-state index contributed by atoms with van der Waals surface area (Å²) >= 11 is 0. The van der Waals surface area contributed by atoms with Crippen molar-refractivity contribution in [3.05, 3.63) is 53.3 Å². The molecule has 0 aliphatic carbocycles. The van der Waals surface area contributed by atoms with Gasteiger partial charge in [0.15, 0.2) is 11.5 Å². The Bertz CT molecular complexity index is 1150. The van der Waals surface area contributed by atoms with Crippen LogP contribution >= 0.6 is 0 Å². The number of methoxy groups -OCH3 is 1. The number of hydrogen-bond donors (Lipinski definition) is 3. The van der Waals surface area contributed by atoms with E-state index >= 15 is 0 Å². The first-order chi connectivity index (χ1) is 18.5. The smallest absolute Gasteiger partial charge is 0.251 e. The van der Waals surface area contributed by atoms with Crippen molar-refractivity contribution in [2.45, 2.75) is 38.6 Å². The highest BCUT2D eigenvalue weighted by atomic mass is 19.1. The lowest BCUT2D eigenvalue weighted by atomic mass is 9.98. The molecule has 3 N–H and O–H groups in total. The number of ether oxygens (including phenoxy) is 2. The fourth-order valence-electron chi connectivity index (χ4n) is 4.75. The molecule has 9 nitrogen and oxygen atoms in total. The van der Waals surface area contributed by atoms with Crippen LogP contribution in [0.25, 0.3) is 0 Å². The number of carbonyl (C=O) groups excluding carboxylic acids is 3. The van der Waals surface area contributed by atoms with Gasteiger partial charge in [-0.2, -0.15) is 0 Å². The topological polar surface area (TPSA) is 109 Å². The lowest BCUT2D eigenvalue weighted by Crippen LogP contribution is -2.44. The average Bonchev–Trinajstić information content (AvgIpc) is 2.93. The number of carbonyl (C=O) groups is 3. The zero-order chi connectivity index (χ0) is 26.9. The Morgan fingerprint density at radius 2 is 1.89 bits per heavy atom. The minimum absolute atomic E-state index is 0.0555. The third-order valence-electron chi connectivity index (χ3n) is 6.86. The van der Waals surface area contributed by atoms with Gasteiger partial charge in [0, 0.05) is 50.3 Å². The van der Waals surface area contributed by atoms with E-state index < -0.39 is 5.82 Å². The summed E-state index contributed by atoms with van der Waals surface area (Å²) in [5, 5.41) is 8.95. The Hall–Kier alpha value is -3.66. The fraction of sp³-hybridized carbons (Fsp3) is 0.464. The average molecular weight is 527 g/mol. The molecule has 0 aromatic heterocycles. The van der Waals surface area contributed by atoms with Crippen molar-refractivity contribution >= 4 is 17.7 Å². The van der Waals surface area contributed by atoms with Crippen LogP contribution in [0.5, 0.6) is 17.2 Å². The molecule has 2 bridgehead atoms. The number of nitrogens with one attached hydrogen (secondary N) is 3. The molecular formula is C28H35FN4O5. The van der Waals surface area contributed by atoms with Gasteiger partial charge in [-0.15, -0.1) is 0 Å². The van der Waals surface area contributed by atoms with Gasteiger partial charge in [-0.3, -0.25) is 14.4 Å². The quantitative estimate of drug-likeness (QED) is 0.555. The zero-order valence-corrected chi connectivity index (χ0v) is 21.7. The number of rotatable bonds is 2. The van der Waals surface area contributed by atoms with Crippen LogP contribution in [0.1, 0.15) is 48.0 Å². The Balaban J connectivity index is 1.55. The summed E-state index contributed by atoms with van der Waals surface area (Å²) in [6, 6.07) is 9.19. The summed E-state index contributed by atoms with van der Waals surface area (Å²) in [6.45, 7) is 2.81. The van der Waals surface area contributed by atoms with Crippen LogP contribution in [0, 0.1) is 11.7 Å². The van der Waals surface area contributed by atoms with E-state index in [9.17, 15) is 18.8 Å². The van der Waals surface area contributed by atoms with Crippen LogP contribution in [0.2, 0.25) is 0 Å². The van der Waals surface area contributed by atoms with E-state index in [-0.39, 0.29) is 47.9 Å². The molecule has 0 spiro atoms. The number of fused-ring (bicyclic) bond motifs is 13. The van der Waals surface area contributed by atoms with Gasteiger partial charge in [0.25, 0.3) is 5.91 Å². The molecule has 38 heavy (non-hydrogen) atoms. The first kappa shape index (κ1) is 27.4. The zero-order valence-electron chi connectivity index (χ0n) is 21.7. The summed E-state index contributed by atoms with van der Waals surface area (Å²) in [5.74, 6) is -0.179. The second-order valence-electron chi connectivity index (χ2n) is 9.54. The Labute approximate surface area is 222 Å². The summed E-state index contributed by atoms with van der Waals surface area (Å²) in [4.78, 5) is 40.4.